The molecule has 1 amide bonds. The summed E-state index contributed by atoms with van der Waals surface area (Å²) in [6, 6.07) is 1.09. The van der Waals surface area contributed by atoms with E-state index in [2.05, 4.69) is 4.98 Å². The summed E-state index contributed by atoms with van der Waals surface area (Å²) in [6.45, 7) is 2.53. The molecule has 1 aliphatic heterocycles. The van der Waals surface area contributed by atoms with Gasteiger partial charge in [0.05, 0.1) is 23.9 Å². The SMILES string of the molecule is CC1OCCC1N(C)C(=O)c1cc(F)cnc1Cl. The van der Waals surface area contributed by atoms with Gasteiger partial charge < -0.3 is 9.64 Å². The van der Waals surface area contributed by atoms with Gasteiger partial charge in [-0.05, 0) is 19.4 Å². The van der Waals surface area contributed by atoms with Crippen LogP contribution in [0.3, 0.4) is 0 Å². The van der Waals surface area contributed by atoms with E-state index < -0.39 is 5.82 Å². The lowest BCUT2D eigenvalue weighted by Crippen LogP contribution is -2.41. The number of pyridine rings is 1. The van der Waals surface area contributed by atoms with Crippen molar-refractivity contribution in [2.24, 2.45) is 0 Å². The first-order valence-electron chi connectivity index (χ1n) is 5.70. The van der Waals surface area contributed by atoms with Gasteiger partial charge in [-0.1, -0.05) is 11.6 Å². The molecular weight excluding hydrogens is 259 g/mol. The first-order chi connectivity index (χ1) is 8.50. The third-order valence-corrected chi connectivity index (χ3v) is 3.49. The van der Waals surface area contributed by atoms with E-state index in [1.807, 2.05) is 6.92 Å². The van der Waals surface area contributed by atoms with Crippen LogP contribution in [0.2, 0.25) is 5.15 Å². The van der Waals surface area contributed by atoms with Gasteiger partial charge in [-0.25, -0.2) is 9.37 Å². The van der Waals surface area contributed by atoms with E-state index >= 15 is 0 Å². The Kier molecular flexibility index (Phi) is 3.82. The van der Waals surface area contributed by atoms with Crippen molar-refractivity contribution in [1.29, 1.82) is 0 Å². The first-order valence-corrected chi connectivity index (χ1v) is 6.08. The summed E-state index contributed by atoms with van der Waals surface area (Å²) in [5.41, 5.74) is 0.0817. The van der Waals surface area contributed by atoms with Crippen LogP contribution in [-0.2, 0) is 4.74 Å². The van der Waals surface area contributed by atoms with E-state index in [0.29, 0.717) is 6.61 Å². The zero-order valence-corrected chi connectivity index (χ0v) is 10.9. The van der Waals surface area contributed by atoms with Crippen molar-refractivity contribution in [1.82, 2.24) is 9.88 Å². The maximum absolute atomic E-state index is 13.1. The second-order valence-electron chi connectivity index (χ2n) is 4.34. The highest BCUT2D eigenvalue weighted by Crippen LogP contribution is 2.22. The van der Waals surface area contributed by atoms with Crippen molar-refractivity contribution in [2.75, 3.05) is 13.7 Å². The Morgan fingerprint density at radius 3 is 3.00 bits per heavy atom. The van der Waals surface area contributed by atoms with Crippen LogP contribution in [-0.4, -0.2) is 41.6 Å². The zero-order chi connectivity index (χ0) is 13.3. The minimum Gasteiger partial charge on any atom is -0.376 e. The number of nitrogens with zero attached hydrogens (tertiary/aromatic N) is 2. The van der Waals surface area contributed by atoms with Crippen LogP contribution in [0.4, 0.5) is 4.39 Å². The molecule has 2 atom stereocenters. The molecule has 0 N–H and O–H groups in total. The molecule has 6 heteroatoms. The molecule has 2 rings (SSSR count). The molecule has 2 heterocycles. The topological polar surface area (TPSA) is 42.4 Å². The molecule has 4 nitrogen and oxygen atoms in total. The quantitative estimate of drug-likeness (QED) is 0.775. The van der Waals surface area contributed by atoms with Crippen LogP contribution in [0.25, 0.3) is 0 Å². The van der Waals surface area contributed by atoms with Crippen LogP contribution in [0, 0.1) is 5.82 Å². The molecule has 1 aromatic rings. The number of aromatic nitrogens is 1. The molecule has 0 spiro atoms. The van der Waals surface area contributed by atoms with Gasteiger partial charge in [0, 0.05) is 13.7 Å². The van der Waals surface area contributed by atoms with Crippen molar-refractivity contribution < 1.29 is 13.9 Å². The number of likely N-dealkylation sites (N-methyl/N-ethyl adjacent to an activating group) is 1. The van der Waals surface area contributed by atoms with Gasteiger partial charge in [0.25, 0.3) is 5.91 Å². The Morgan fingerprint density at radius 1 is 1.67 bits per heavy atom. The maximum Gasteiger partial charge on any atom is 0.257 e. The van der Waals surface area contributed by atoms with Crippen molar-refractivity contribution >= 4 is 17.5 Å². The van der Waals surface area contributed by atoms with E-state index in [0.717, 1.165) is 18.7 Å². The summed E-state index contributed by atoms with van der Waals surface area (Å²) in [4.78, 5) is 17.4. The van der Waals surface area contributed by atoms with Gasteiger partial charge in [-0.2, -0.15) is 0 Å². The largest absolute Gasteiger partial charge is 0.376 e. The van der Waals surface area contributed by atoms with Gasteiger partial charge in [-0.3, -0.25) is 4.79 Å². The molecule has 2 unspecified atom stereocenters. The molecule has 1 aromatic heterocycles. The molecular formula is C12H14ClFN2O2. The summed E-state index contributed by atoms with van der Waals surface area (Å²) < 4.78 is 18.5. The number of amides is 1. The molecule has 0 saturated carbocycles. The third-order valence-electron chi connectivity index (χ3n) is 3.19. The second-order valence-corrected chi connectivity index (χ2v) is 4.70. The lowest BCUT2D eigenvalue weighted by atomic mass is 10.1. The van der Waals surface area contributed by atoms with Crippen LogP contribution in [0.1, 0.15) is 23.7 Å². The number of rotatable bonds is 2. The summed E-state index contributed by atoms with van der Waals surface area (Å²) in [5, 5.41) is 0.0137. The van der Waals surface area contributed by atoms with Gasteiger partial charge in [0.2, 0.25) is 0 Å². The molecule has 0 aromatic carbocycles. The van der Waals surface area contributed by atoms with E-state index in [-0.39, 0.29) is 28.8 Å². The minimum atomic E-state index is -0.577. The molecule has 1 aliphatic rings. The van der Waals surface area contributed by atoms with Gasteiger partial charge in [-0.15, -0.1) is 0 Å². The summed E-state index contributed by atoms with van der Waals surface area (Å²) >= 11 is 5.82. The fourth-order valence-electron chi connectivity index (χ4n) is 2.14. The fraction of sp³-hybridized carbons (Fsp3) is 0.500. The molecule has 0 radical (unpaired) electrons. The lowest BCUT2D eigenvalue weighted by Gasteiger charge is -2.26. The Bertz CT molecular complexity index is 469. The maximum atomic E-state index is 13.1. The molecule has 0 aliphatic carbocycles. The Labute approximate surface area is 110 Å². The molecule has 18 heavy (non-hydrogen) atoms. The fourth-order valence-corrected chi connectivity index (χ4v) is 2.33. The summed E-state index contributed by atoms with van der Waals surface area (Å²) in [6.07, 6.45) is 1.73. The predicted octanol–water partition coefficient (Wildman–Crippen LogP) is 2.12. The van der Waals surface area contributed by atoms with Crippen molar-refractivity contribution in [3.63, 3.8) is 0 Å². The van der Waals surface area contributed by atoms with E-state index in [1.165, 1.54) is 0 Å². The second kappa shape index (κ2) is 5.20. The van der Waals surface area contributed by atoms with Gasteiger partial charge >= 0.3 is 0 Å². The number of ether oxygens (including phenoxy) is 1. The average Bonchev–Trinajstić information content (AvgIpc) is 2.77. The minimum absolute atomic E-state index is 0.0137. The summed E-state index contributed by atoms with van der Waals surface area (Å²) in [5.74, 6) is -0.916. The third kappa shape index (κ3) is 2.47. The molecule has 1 fully saturated rings. The molecule has 98 valence electrons. The van der Waals surface area contributed by atoms with Crippen LogP contribution in [0.5, 0.6) is 0 Å². The number of hydrogen-bond donors (Lipinski definition) is 0. The van der Waals surface area contributed by atoms with Crippen molar-refractivity contribution in [2.45, 2.75) is 25.5 Å². The number of hydrogen-bond acceptors (Lipinski definition) is 3. The van der Waals surface area contributed by atoms with Gasteiger partial charge in [0.15, 0.2) is 0 Å². The predicted molar refractivity (Wildman–Crippen MR) is 65.1 cm³/mol. The van der Waals surface area contributed by atoms with Crippen molar-refractivity contribution in [3.8, 4) is 0 Å². The van der Waals surface area contributed by atoms with Crippen molar-refractivity contribution in [3.05, 3.63) is 28.8 Å². The highest BCUT2D eigenvalue weighted by molar-refractivity contribution is 6.32. The van der Waals surface area contributed by atoms with E-state index in [9.17, 15) is 9.18 Å². The number of carbonyl (C=O) groups excluding carboxylic acids is 1. The van der Waals surface area contributed by atoms with Crippen LogP contribution >= 0.6 is 11.6 Å². The van der Waals surface area contributed by atoms with Crippen LogP contribution in [0.15, 0.2) is 12.3 Å². The highest BCUT2D eigenvalue weighted by atomic mass is 35.5. The average molecular weight is 273 g/mol. The molecule has 0 bridgehead atoms. The first kappa shape index (κ1) is 13.2. The smallest absolute Gasteiger partial charge is 0.257 e. The number of carbonyl (C=O) groups is 1. The Balaban J connectivity index is 2.22. The van der Waals surface area contributed by atoms with E-state index in [4.69, 9.17) is 16.3 Å². The Hall–Kier alpha value is -1.20. The lowest BCUT2D eigenvalue weighted by molar-refractivity contribution is 0.0574. The Morgan fingerprint density at radius 2 is 2.39 bits per heavy atom. The van der Waals surface area contributed by atoms with E-state index in [1.54, 1.807) is 11.9 Å². The standard InChI is InChI=1S/C12H14ClFN2O2/c1-7-10(3-4-18-7)16(2)12(17)9-5-8(14)6-15-11(9)13/h5-7,10H,3-4H2,1-2H3. The van der Waals surface area contributed by atoms with Gasteiger partial charge in [0.1, 0.15) is 11.0 Å². The summed E-state index contributed by atoms with van der Waals surface area (Å²) in [7, 11) is 1.67. The normalized spacial score (nSPS) is 23.1. The highest BCUT2D eigenvalue weighted by Gasteiger charge is 2.31. The number of halogens is 2. The molecule has 1 saturated heterocycles. The zero-order valence-electron chi connectivity index (χ0n) is 10.2. The monoisotopic (exact) mass is 272 g/mol. The van der Waals surface area contributed by atoms with Crippen LogP contribution < -0.4 is 0 Å².